The lowest BCUT2D eigenvalue weighted by molar-refractivity contribution is 0.439. The summed E-state index contributed by atoms with van der Waals surface area (Å²) < 4.78 is 0. The quantitative estimate of drug-likeness (QED) is 0.560. The summed E-state index contributed by atoms with van der Waals surface area (Å²) in [5, 5.41) is 3.43. The zero-order valence-electron chi connectivity index (χ0n) is 8.32. The van der Waals surface area contributed by atoms with Crippen molar-refractivity contribution >= 4 is 0 Å². The highest BCUT2D eigenvalue weighted by Crippen LogP contribution is 2.10. The van der Waals surface area contributed by atoms with Gasteiger partial charge >= 0.3 is 0 Å². The molecule has 0 aromatic heterocycles. The highest BCUT2D eigenvalue weighted by Gasteiger charge is 2.00. The molecule has 0 saturated carbocycles. The number of hydrogen-bond acceptors (Lipinski definition) is 1. The smallest absolute Gasteiger partial charge is 0.00463 e. The van der Waals surface area contributed by atoms with Crippen molar-refractivity contribution in [2.24, 2.45) is 5.92 Å². The Hall–Kier alpha value is -0.0400. The Labute approximate surface area is 71.6 Å². The minimum atomic E-state index is 0.944. The summed E-state index contributed by atoms with van der Waals surface area (Å²) in [7, 11) is 0. The van der Waals surface area contributed by atoms with E-state index < -0.39 is 0 Å². The van der Waals surface area contributed by atoms with Gasteiger partial charge in [-0.2, -0.15) is 0 Å². The van der Waals surface area contributed by atoms with E-state index in [0.717, 1.165) is 5.92 Å². The molecule has 0 aliphatic heterocycles. The molecule has 0 saturated heterocycles. The molecule has 0 aromatic carbocycles. The number of rotatable bonds is 7. The third-order valence-electron chi connectivity index (χ3n) is 2.31. The van der Waals surface area contributed by atoms with E-state index in [9.17, 15) is 0 Å². The second kappa shape index (κ2) is 8.06. The molecule has 0 rings (SSSR count). The predicted octanol–water partition coefficient (Wildman–Crippen LogP) is 2.81. The van der Waals surface area contributed by atoms with E-state index in [-0.39, 0.29) is 0 Å². The van der Waals surface area contributed by atoms with Gasteiger partial charge in [-0.05, 0) is 31.8 Å². The van der Waals surface area contributed by atoms with Crippen LogP contribution in [-0.2, 0) is 0 Å². The molecule has 0 fully saturated rings. The van der Waals surface area contributed by atoms with Crippen LogP contribution in [0.4, 0.5) is 0 Å². The molecule has 1 heteroatoms. The number of hydrogen-bond donors (Lipinski definition) is 1. The summed E-state index contributed by atoms with van der Waals surface area (Å²) in [6, 6.07) is 0. The van der Waals surface area contributed by atoms with Crippen LogP contribution < -0.4 is 5.32 Å². The summed E-state index contributed by atoms with van der Waals surface area (Å²) in [4.78, 5) is 0. The molecule has 0 aliphatic carbocycles. The van der Waals surface area contributed by atoms with Crippen LogP contribution in [0.1, 0.15) is 46.5 Å². The van der Waals surface area contributed by atoms with E-state index in [2.05, 4.69) is 26.1 Å². The van der Waals surface area contributed by atoms with Gasteiger partial charge in [0, 0.05) is 0 Å². The molecule has 0 aliphatic rings. The van der Waals surface area contributed by atoms with Gasteiger partial charge in [-0.15, -0.1) is 0 Å². The summed E-state index contributed by atoms with van der Waals surface area (Å²) in [6.07, 6.45) is 5.28. The molecular formula is C10H23N. The van der Waals surface area contributed by atoms with E-state index in [1.165, 1.54) is 38.8 Å². The monoisotopic (exact) mass is 157 g/mol. The van der Waals surface area contributed by atoms with Gasteiger partial charge in [-0.3, -0.25) is 0 Å². The van der Waals surface area contributed by atoms with Gasteiger partial charge in [-0.25, -0.2) is 0 Å². The van der Waals surface area contributed by atoms with Crippen molar-refractivity contribution in [3.8, 4) is 0 Å². The molecule has 1 N–H and O–H groups in total. The summed E-state index contributed by atoms with van der Waals surface area (Å²) in [5.74, 6) is 0.944. The van der Waals surface area contributed by atoms with Crippen molar-refractivity contribution in [1.82, 2.24) is 5.32 Å². The third kappa shape index (κ3) is 6.36. The molecular weight excluding hydrogens is 134 g/mol. The summed E-state index contributed by atoms with van der Waals surface area (Å²) in [6.45, 7) is 9.17. The van der Waals surface area contributed by atoms with Gasteiger partial charge in [0.15, 0.2) is 0 Å². The molecule has 11 heavy (non-hydrogen) atoms. The Balaban J connectivity index is 3.07. The zero-order chi connectivity index (χ0) is 8.53. The Morgan fingerprint density at radius 1 is 1.00 bits per heavy atom. The van der Waals surface area contributed by atoms with Crippen molar-refractivity contribution < 1.29 is 0 Å². The zero-order valence-corrected chi connectivity index (χ0v) is 8.32. The maximum Gasteiger partial charge on any atom is -0.00463 e. The van der Waals surface area contributed by atoms with E-state index in [1.807, 2.05) is 0 Å². The highest BCUT2D eigenvalue weighted by atomic mass is 14.8. The van der Waals surface area contributed by atoms with Gasteiger partial charge in [0.1, 0.15) is 0 Å². The van der Waals surface area contributed by atoms with Crippen molar-refractivity contribution in [1.29, 1.82) is 0 Å². The Bertz CT molecular complexity index is 67.3. The van der Waals surface area contributed by atoms with Crippen LogP contribution in [0.2, 0.25) is 0 Å². The van der Waals surface area contributed by atoms with Crippen LogP contribution >= 0.6 is 0 Å². The first-order valence-corrected chi connectivity index (χ1v) is 5.05. The Morgan fingerprint density at radius 2 is 1.64 bits per heavy atom. The van der Waals surface area contributed by atoms with Gasteiger partial charge in [0.25, 0.3) is 0 Å². The minimum absolute atomic E-state index is 0.944. The second-order valence-corrected chi connectivity index (χ2v) is 3.22. The molecule has 0 spiro atoms. The van der Waals surface area contributed by atoms with Crippen LogP contribution in [0, 0.1) is 5.92 Å². The largest absolute Gasteiger partial charge is 0.317 e. The molecule has 0 unspecified atom stereocenters. The van der Waals surface area contributed by atoms with Crippen LogP contribution in [-0.4, -0.2) is 13.1 Å². The Morgan fingerprint density at radius 3 is 2.09 bits per heavy atom. The van der Waals surface area contributed by atoms with Crippen LogP contribution in [0.5, 0.6) is 0 Å². The van der Waals surface area contributed by atoms with Crippen LogP contribution in [0.25, 0.3) is 0 Å². The van der Waals surface area contributed by atoms with E-state index in [4.69, 9.17) is 0 Å². The van der Waals surface area contributed by atoms with Crippen LogP contribution in [0.15, 0.2) is 0 Å². The fourth-order valence-corrected chi connectivity index (χ4v) is 1.30. The lowest BCUT2D eigenvalue weighted by Gasteiger charge is -2.11. The Kier molecular flexibility index (Phi) is 8.03. The summed E-state index contributed by atoms with van der Waals surface area (Å²) >= 11 is 0. The molecule has 0 atom stereocenters. The van der Waals surface area contributed by atoms with Gasteiger partial charge in [0.2, 0.25) is 0 Å². The SMILES string of the molecule is CCCNCCC(CC)CC. The minimum Gasteiger partial charge on any atom is -0.317 e. The molecule has 0 heterocycles. The first-order chi connectivity index (χ1) is 5.35. The van der Waals surface area contributed by atoms with Gasteiger partial charge in [0.05, 0.1) is 0 Å². The second-order valence-electron chi connectivity index (χ2n) is 3.22. The van der Waals surface area contributed by atoms with Crippen molar-refractivity contribution in [3.05, 3.63) is 0 Å². The molecule has 68 valence electrons. The summed E-state index contributed by atoms with van der Waals surface area (Å²) in [5.41, 5.74) is 0. The topological polar surface area (TPSA) is 12.0 Å². The van der Waals surface area contributed by atoms with E-state index in [1.54, 1.807) is 0 Å². The fourth-order valence-electron chi connectivity index (χ4n) is 1.30. The third-order valence-corrected chi connectivity index (χ3v) is 2.31. The standard InChI is InChI=1S/C10H23N/c1-4-8-11-9-7-10(5-2)6-3/h10-11H,4-9H2,1-3H3. The van der Waals surface area contributed by atoms with Crippen LogP contribution in [0.3, 0.4) is 0 Å². The van der Waals surface area contributed by atoms with Crippen molar-refractivity contribution in [2.45, 2.75) is 46.5 Å². The lowest BCUT2D eigenvalue weighted by atomic mass is 10.00. The lowest BCUT2D eigenvalue weighted by Crippen LogP contribution is -2.18. The molecule has 1 nitrogen and oxygen atoms in total. The maximum atomic E-state index is 3.43. The fraction of sp³-hybridized carbons (Fsp3) is 1.00. The average molecular weight is 157 g/mol. The molecule has 0 aromatic rings. The normalized spacial score (nSPS) is 10.9. The van der Waals surface area contributed by atoms with Gasteiger partial charge < -0.3 is 5.32 Å². The van der Waals surface area contributed by atoms with E-state index >= 15 is 0 Å². The first-order valence-electron chi connectivity index (χ1n) is 5.05. The predicted molar refractivity (Wildman–Crippen MR) is 51.8 cm³/mol. The van der Waals surface area contributed by atoms with E-state index in [0.29, 0.717) is 0 Å². The average Bonchev–Trinajstić information content (AvgIpc) is 2.05. The van der Waals surface area contributed by atoms with Crippen molar-refractivity contribution in [3.63, 3.8) is 0 Å². The molecule has 0 bridgehead atoms. The molecule has 0 amide bonds. The molecule has 0 radical (unpaired) electrons. The van der Waals surface area contributed by atoms with Crippen molar-refractivity contribution in [2.75, 3.05) is 13.1 Å². The first kappa shape index (κ1) is 11.0. The number of nitrogens with one attached hydrogen (secondary N) is 1. The maximum absolute atomic E-state index is 3.43. The van der Waals surface area contributed by atoms with Gasteiger partial charge in [-0.1, -0.05) is 33.6 Å². The highest BCUT2D eigenvalue weighted by molar-refractivity contribution is 4.56.